The summed E-state index contributed by atoms with van der Waals surface area (Å²) in [7, 11) is 0. The normalized spacial score (nSPS) is 16.6. The zero-order chi connectivity index (χ0) is 17.6. The van der Waals surface area contributed by atoms with Crippen LogP contribution >= 0.6 is 11.6 Å². The third-order valence-electron chi connectivity index (χ3n) is 4.18. The Labute approximate surface area is 151 Å². The molecule has 0 spiro atoms. The Bertz CT molecular complexity index is 738. The highest BCUT2D eigenvalue weighted by atomic mass is 35.5. The number of carbonyl (C=O) groups excluding carboxylic acids is 2. The van der Waals surface area contributed by atoms with E-state index in [1.54, 1.807) is 24.3 Å². The van der Waals surface area contributed by atoms with Crippen molar-refractivity contribution >= 4 is 29.0 Å². The summed E-state index contributed by atoms with van der Waals surface area (Å²) in [6.07, 6.45) is 1.36. The second-order valence-electron chi connectivity index (χ2n) is 6.01. The maximum Gasteiger partial charge on any atom is 0.224 e. The number of hydrogen-bond acceptors (Lipinski definition) is 4. The standard InChI is InChI=1S/C19H20ClN3O2/c20-15-5-1-14(2-6-15)18(24)9-10-19(25)22-16-7-3-13(4-8-16)17-11-12-21-23-17/h1-8,17,21,23H,9-12H2,(H,22,25). The van der Waals surface area contributed by atoms with Crippen molar-refractivity contribution in [3.05, 3.63) is 64.7 Å². The molecule has 2 aromatic carbocycles. The van der Waals surface area contributed by atoms with E-state index in [0.29, 0.717) is 16.6 Å². The van der Waals surface area contributed by atoms with Gasteiger partial charge >= 0.3 is 0 Å². The van der Waals surface area contributed by atoms with Crippen LogP contribution in [0.1, 0.15) is 41.2 Å². The number of hydrogen-bond donors (Lipinski definition) is 3. The first-order valence-electron chi connectivity index (χ1n) is 8.29. The maximum absolute atomic E-state index is 12.1. The van der Waals surface area contributed by atoms with Gasteiger partial charge < -0.3 is 5.32 Å². The van der Waals surface area contributed by atoms with Crippen molar-refractivity contribution in [1.82, 2.24) is 10.9 Å². The average Bonchev–Trinajstić information content (AvgIpc) is 3.15. The Hall–Kier alpha value is -2.21. The van der Waals surface area contributed by atoms with Crippen molar-refractivity contribution in [3.8, 4) is 0 Å². The molecule has 25 heavy (non-hydrogen) atoms. The predicted octanol–water partition coefficient (Wildman–Crippen LogP) is 3.48. The lowest BCUT2D eigenvalue weighted by Crippen LogP contribution is -2.24. The Morgan fingerprint density at radius 3 is 2.40 bits per heavy atom. The summed E-state index contributed by atoms with van der Waals surface area (Å²) in [5, 5.41) is 3.41. The predicted molar refractivity (Wildman–Crippen MR) is 98.6 cm³/mol. The van der Waals surface area contributed by atoms with Crippen molar-refractivity contribution in [3.63, 3.8) is 0 Å². The number of benzene rings is 2. The number of nitrogens with one attached hydrogen (secondary N) is 3. The molecule has 0 saturated carbocycles. The molecule has 1 atom stereocenters. The molecule has 1 amide bonds. The van der Waals surface area contributed by atoms with Crippen LogP contribution in [0.25, 0.3) is 0 Å². The van der Waals surface area contributed by atoms with Gasteiger partial charge in [-0.2, -0.15) is 0 Å². The van der Waals surface area contributed by atoms with Crippen LogP contribution in [-0.2, 0) is 4.79 Å². The van der Waals surface area contributed by atoms with Crippen molar-refractivity contribution < 1.29 is 9.59 Å². The molecule has 1 unspecified atom stereocenters. The third kappa shape index (κ3) is 4.89. The first-order valence-corrected chi connectivity index (χ1v) is 8.66. The van der Waals surface area contributed by atoms with Crippen LogP contribution in [0.5, 0.6) is 0 Å². The fraction of sp³-hybridized carbons (Fsp3) is 0.263. The molecule has 3 N–H and O–H groups in total. The number of carbonyl (C=O) groups is 2. The molecule has 0 bridgehead atoms. The number of amides is 1. The van der Waals surface area contributed by atoms with Crippen LogP contribution in [0.3, 0.4) is 0 Å². The van der Waals surface area contributed by atoms with Crippen LogP contribution in [0, 0.1) is 0 Å². The summed E-state index contributed by atoms with van der Waals surface area (Å²) in [5.41, 5.74) is 8.79. The van der Waals surface area contributed by atoms with E-state index in [4.69, 9.17) is 11.6 Å². The summed E-state index contributed by atoms with van der Waals surface area (Å²) in [6.45, 7) is 0.949. The first-order chi connectivity index (χ1) is 12.1. The van der Waals surface area contributed by atoms with Gasteiger partial charge in [0.1, 0.15) is 0 Å². The van der Waals surface area contributed by atoms with E-state index < -0.39 is 0 Å². The van der Waals surface area contributed by atoms with E-state index >= 15 is 0 Å². The first kappa shape index (κ1) is 17.6. The van der Waals surface area contributed by atoms with Gasteiger partial charge in [-0.05, 0) is 48.4 Å². The number of Topliss-reactive ketones (excluding diaryl/α,β-unsaturated/α-hetero) is 1. The molecule has 1 aliphatic heterocycles. The van der Waals surface area contributed by atoms with Crippen molar-refractivity contribution in [2.75, 3.05) is 11.9 Å². The zero-order valence-electron chi connectivity index (χ0n) is 13.7. The molecule has 0 aromatic heterocycles. The van der Waals surface area contributed by atoms with Crippen LogP contribution in [0.15, 0.2) is 48.5 Å². The molecule has 6 heteroatoms. The summed E-state index contributed by atoms with van der Waals surface area (Å²) >= 11 is 5.80. The highest BCUT2D eigenvalue weighted by molar-refractivity contribution is 6.30. The molecule has 1 saturated heterocycles. The Kier molecular flexibility index (Phi) is 5.81. The monoisotopic (exact) mass is 357 g/mol. The highest BCUT2D eigenvalue weighted by Gasteiger charge is 2.15. The summed E-state index contributed by atoms with van der Waals surface area (Å²) in [4.78, 5) is 24.1. The smallest absolute Gasteiger partial charge is 0.224 e. The SMILES string of the molecule is O=C(CCC(=O)c1ccc(Cl)cc1)Nc1ccc(C2CCNN2)cc1. The van der Waals surface area contributed by atoms with Gasteiger partial charge in [0, 0.05) is 41.7 Å². The topological polar surface area (TPSA) is 70.2 Å². The van der Waals surface area contributed by atoms with Gasteiger partial charge in [-0.15, -0.1) is 0 Å². The third-order valence-corrected chi connectivity index (χ3v) is 4.43. The van der Waals surface area contributed by atoms with Gasteiger partial charge in [0.15, 0.2) is 5.78 Å². The fourth-order valence-electron chi connectivity index (χ4n) is 2.76. The summed E-state index contributed by atoms with van der Waals surface area (Å²) in [5.74, 6) is -0.238. The quantitative estimate of drug-likeness (QED) is 0.692. The largest absolute Gasteiger partial charge is 0.326 e. The minimum absolute atomic E-state index is 0.0676. The molecule has 0 radical (unpaired) electrons. The molecule has 130 valence electrons. The van der Waals surface area contributed by atoms with Crippen LogP contribution in [-0.4, -0.2) is 18.2 Å². The van der Waals surface area contributed by atoms with Gasteiger partial charge in [0.25, 0.3) is 0 Å². The van der Waals surface area contributed by atoms with Crippen LogP contribution < -0.4 is 16.2 Å². The van der Waals surface area contributed by atoms with E-state index in [-0.39, 0.29) is 24.5 Å². The number of anilines is 1. The lowest BCUT2D eigenvalue weighted by Gasteiger charge is -2.11. The molecule has 1 aliphatic rings. The molecular weight excluding hydrogens is 338 g/mol. The molecule has 2 aromatic rings. The number of rotatable bonds is 6. The van der Waals surface area contributed by atoms with E-state index in [9.17, 15) is 9.59 Å². The van der Waals surface area contributed by atoms with Gasteiger partial charge in [-0.3, -0.25) is 20.4 Å². The Morgan fingerprint density at radius 1 is 1.04 bits per heavy atom. The average molecular weight is 358 g/mol. The maximum atomic E-state index is 12.1. The highest BCUT2D eigenvalue weighted by Crippen LogP contribution is 2.21. The van der Waals surface area contributed by atoms with E-state index in [1.807, 2.05) is 24.3 Å². The summed E-state index contributed by atoms with van der Waals surface area (Å²) in [6, 6.07) is 14.8. The number of ketones is 1. The van der Waals surface area contributed by atoms with Gasteiger partial charge in [-0.25, -0.2) is 0 Å². The second-order valence-corrected chi connectivity index (χ2v) is 6.45. The second kappa shape index (κ2) is 8.25. The Balaban J connectivity index is 1.48. The van der Waals surface area contributed by atoms with Crippen molar-refractivity contribution in [2.45, 2.75) is 25.3 Å². The van der Waals surface area contributed by atoms with E-state index in [1.165, 1.54) is 5.56 Å². The lowest BCUT2D eigenvalue weighted by molar-refractivity contribution is -0.116. The molecule has 0 aliphatic carbocycles. The van der Waals surface area contributed by atoms with Crippen molar-refractivity contribution in [1.29, 1.82) is 0 Å². The Morgan fingerprint density at radius 2 is 1.76 bits per heavy atom. The van der Waals surface area contributed by atoms with Gasteiger partial charge in [-0.1, -0.05) is 23.7 Å². The number of hydrazine groups is 1. The van der Waals surface area contributed by atoms with Crippen molar-refractivity contribution in [2.24, 2.45) is 0 Å². The molecule has 1 heterocycles. The minimum atomic E-state index is -0.171. The fourth-order valence-corrected chi connectivity index (χ4v) is 2.89. The lowest BCUT2D eigenvalue weighted by atomic mass is 10.0. The minimum Gasteiger partial charge on any atom is -0.326 e. The van der Waals surface area contributed by atoms with Crippen LogP contribution in [0.2, 0.25) is 5.02 Å². The molecular formula is C19H20ClN3O2. The molecule has 3 rings (SSSR count). The molecule has 5 nitrogen and oxygen atoms in total. The van der Waals surface area contributed by atoms with E-state index in [0.717, 1.165) is 18.7 Å². The van der Waals surface area contributed by atoms with Crippen LogP contribution in [0.4, 0.5) is 5.69 Å². The van der Waals surface area contributed by atoms with E-state index in [2.05, 4.69) is 16.2 Å². The summed E-state index contributed by atoms with van der Waals surface area (Å²) < 4.78 is 0. The molecule has 1 fully saturated rings. The number of halogens is 1. The zero-order valence-corrected chi connectivity index (χ0v) is 14.5. The van der Waals surface area contributed by atoms with Gasteiger partial charge in [0.2, 0.25) is 5.91 Å². The van der Waals surface area contributed by atoms with Gasteiger partial charge in [0.05, 0.1) is 0 Å².